The van der Waals surface area contributed by atoms with Crippen LogP contribution in [0.4, 0.5) is 5.95 Å². The van der Waals surface area contributed by atoms with E-state index in [0.717, 1.165) is 25.6 Å². The van der Waals surface area contributed by atoms with E-state index in [4.69, 9.17) is 5.73 Å². The number of rotatable bonds is 2. The molecule has 5 heteroatoms. The Labute approximate surface area is 96.3 Å². The standard InChI is InChI=1S/C10H16N4.ClH/c11-7-9-3-1-6-14(8-9)10-12-4-2-5-13-10;/h2,4-5,9H,1,3,6-8,11H2;1H. The molecule has 1 fully saturated rings. The van der Waals surface area contributed by atoms with E-state index in [-0.39, 0.29) is 12.4 Å². The van der Waals surface area contributed by atoms with Crippen molar-refractivity contribution in [1.82, 2.24) is 9.97 Å². The molecule has 1 aliphatic rings. The van der Waals surface area contributed by atoms with E-state index in [1.165, 1.54) is 12.8 Å². The predicted octanol–water partition coefficient (Wildman–Crippen LogP) is 1.07. The van der Waals surface area contributed by atoms with Gasteiger partial charge in [-0.3, -0.25) is 0 Å². The van der Waals surface area contributed by atoms with Gasteiger partial charge < -0.3 is 10.6 Å². The Morgan fingerprint density at radius 2 is 2.13 bits per heavy atom. The lowest BCUT2D eigenvalue weighted by atomic mass is 9.99. The molecule has 1 aromatic heterocycles. The summed E-state index contributed by atoms with van der Waals surface area (Å²) in [5, 5.41) is 0. The Bertz CT molecular complexity index is 280. The van der Waals surface area contributed by atoms with Gasteiger partial charge in [0.05, 0.1) is 0 Å². The molecule has 2 heterocycles. The Morgan fingerprint density at radius 1 is 1.40 bits per heavy atom. The van der Waals surface area contributed by atoms with Crippen LogP contribution in [0.25, 0.3) is 0 Å². The molecule has 1 unspecified atom stereocenters. The van der Waals surface area contributed by atoms with Crippen LogP contribution in [0.5, 0.6) is 0 Å². The summed E-state index contributed by atoms with van der Waals surface area (Å²) in [4.78, 5) is 10.7. The molecule has 0 saturated carbocycles. The highest BCUT2D eigenvalue weighted by molar-refractivity contribution is 5.85. The van der Waals surface area contributed by atoms with Gasteiger partial charge in [0.2, 0.25) is 5.95 Å². The number of hydrogen-bond donors (Lipinski definition) is 1. The van der Waals surface area contributed by atoms with E-state index in [9.17, 15) is 0 Å². The van der Waals surface area contributed by atoms with E-state index in [0.29, 0.717) is 5.92 Å². The van der Waals surface area contributed by atoms with Crippen LogP contribution in [0.15, 0.2) is 18.5 Å². The Kier molecular flexibility index (Phi) is 4.78. The molecule has 2 rings (SSSR count). The highest BCUT2D eigenvalue weighted by Gasteiger charge is 2.19. The molecule has 1 aromatic rings. The van der Waals surface area contributed by atoms with Crippen LogP contribution in [0.2, 0.25) is 0 Å². The summed E-state index contributed by atoms with van der Waals surface area (Å²) in [6, 6.07) is 1.84. The summed E-state index contributed by atoms with van der Waals surface area (Å²) in [6.45, 7) is 2.82. The second-order valence-corrected chi connectivity index (χ2v) is 3.74. The minimum atomic E-state index is 0. The first-order valence-electron chi connectivity index (χ1n) is 5.12. The van der Waals surface area contributed by atoms with Crippen LogP contribution in [0.3, 0.4) is 0 Å². The summed E-state index contributed by atoms with van der Waals surface area (Å²) >= 11 is 0. The Hall–Kier alpha value is -0.870. The van der Waals surface area contributed by atoms with Crippen molar-refractivity contribution in [2.75, 3.05) is 24.5 Å². The third-order valence-corrected chi connectivity index (χ3v) is 2.69. The van der Waals surface area contributed by atoms with Gasteiger partial charge in [-0.05, 0) is 31.4 Å². The summed E-state index contributed by atoms with van der Waals surface area (Å²) in [6.07, 6.45) is 6.00. The van der Waals surface area contributed by atoms with E-state index in [1.54, 1.807) is 12.4 Å². The van der Waals surface area contributed by atoms with Gasteiger partial charge in [-0.2, -0.15) is 0 Å². The zero-order valence-electron chi connectivity index (χ0n) is 8.67. The van der Waals surface area contributed by atoms with E-state index in [2.05, 4.69) is 14.9 Å². The predicted molar refractivity (Wildman–Crippen MR) is 63.3 cm³/mol. The molecule has 1 atom stereocenters. The topological polar surface area (TPSA) is 55.0 Å². The second-order valence-electron chi connectivity index (χ2n) is 3.74. The fourth-order valence-electron chi connectivity index (χ4n) is 1.89. The molecule has 0 aliphatic carbocycles. The molecule has 0 bridgehead atoms. The third-order valence-electron chi connectivity index (χ3n) is 2.69. The van der Waals surface area contributed by atoms with Crippen LogP contribution in [-0.2, 0) is 0 Å². The van der Waals surface area contributed by atoms with Gasteiger partial charge >= 0.3 is 0 Å². The van der Waals surface area contributed by atoms with Crippen LogP contribution in [0.1, 0.15) is 12.8 Å². The largest absolute Gasteiger partial charge is 0.341 e. The monoisotopic (exact) mass is 228 g/mol. The average Bonchev–Trinajstić information content (AvgIpc) is 2.30. The number of nitrogens with two attached hydrogens (primary N) is 1. The number of anilines is 1. The molecule has 84 valence electrons. The van der Waals surface area contributed by atoms with Crippen LogP contribution in [0, 0.1) is 5.92 Å². The summed E-state index contributed by atoms with van der Waals surface area (Å²) in [5.74, 6) is 1.44. The molecule has 1 aliphatic heterocycles. The highest BCUT2D eigenvalue weighted by Crippen LogP contribution is 2.18. The third kappa shape index (κ3) is 3.04. The summed E-state index contributed by atoms with van der Waals surface area (Å²) < 4.78 is 0. The van der Waals surface area contributed by atoms with E-state index in [1.807, 2.05) is 6.07 Å². The number of nitrogens with zero attached hydrogens (tertiary/aromatic N) is 3. The molecule has 15 heavy (non-hydrogen) atoms. The molecular formula is C10H17ClN4. The second kappa shape index (κ2) is 5.88. The smallest absolute Gasteiger partial charge is 0.225 e. The van der Waals surface area contributed by atoms with Crippen molar-refractivity contribution < 1.29 is 0 Å². The first kappa shape index (κ1) is 12.2. The molecular weight excluding hydrogens is 212 g/mol. The quantitative estimate of drug-likeness (QED) is 0.823. The van der Waals surface area contributed by atoms with Gasteiger partial charge in [0.15, 0.2) is 0 Å². The number of hydrogen-bond acceptors (Lipinski definition) is 4. The van der Waals surface area contributed by atoms with E-state index < -0.39 is 0 Å². The van der Waals surface area contributed by atoms with Crippen LogP contribution >= 0.6 is 12.4 Å². The lowest BCUT2D eigenvalue weighted by Crippen LogP contribution is -2.39. The van der Waals surface area contributed by atoms with Gasteiger partial charge in [-0.25, -0.2) is 9.97 Å². The fraction of sp³-hybridized carbons (Fsp3) is 0.600. The minimum Gasteiger partial charge on any atom is -0.341 e. The van der Waals surface area contributed by atoms with Crippen molar-refractivity contribution >= 4 is 18.4 Å². The number of piperidine rings is 1. The maximum Gasteiger partial charge on any atom is 0.225 e. The van der Waals surface area contributed by atoms with Crippen LogP contribution in [-0.4, -0.2) is 29.6 Å². The Balaban J connectivity index is 0.00000112. The first-order valence-corrected chi connectivity index (χ1v) is 5.12. The van der Waals surface area contributed by atoms with Crippen molar-refractivity contribution in [3.05, 3.63) is 18.5 Å². The molecule has 0 radical (unpaired) electrons. The van der Waals surface area contributed by atoms with Crippen molar-refractivity contribution in [1.29, 1.82) is 0 Å². The van der Waals surface area contributed by atoms with Gasteiger partial charge in [0, 0.05) is 25.5 Å². The fourth-order valence-corrected chi connectivity index (χ4v) is 1.89. The maximum atomic E-state index is 5.68. The van der Waals surface area contributed by atoms with Crippen molar-refractivity contribution in [2.45, 2.75) is 12.8 Å². The van der Waals surface area contributed by atoms with Gasteiger partial charge in [-0.15, -0.1) is 12.4 Å². The molecule has 2 N–H and O–H groups in total. The first-order chi connectivity index (χ1) is 6.90. The zero-order chi connectivity index (χ0) is 9.80. The normalized spacial score (nSPS) is 20.9. The zero-order valence-corrected chi connectivity index (χ0v) is 9.49. The van der Waals surface area contributed by atoms with Crippen LogP contribution < -0.4 is 10.6 Å². The molecule has 0 amide bonds. The highest BCUT2D eigenvalue weighted by atomic mass is 35.5. The number of halogens is 1. The SMILES string of the molecule is Cl.NCC1CCCN(c2ncccn2)C1. The summed E-state index contributed by atoms with van der Waals surface area (Å²) in [7, 11) is 0. The molecule has 0 spiro atoms. The van der Waals surface area contributed by atoms with Crippen molar-refractivity contribution in [3.8, 4) is 0 Å². The van der Waals surface area contributed by atoms with Crippen molar-refractivity contribution in [3.63, 3.8) is 0 Å². The van der Waals surface area contributed by atoms with Gasteiger partial charge in [-0.1, -0.05) is 0 Å². The Morgan fingerprint density at radius 3 is 2.80 bits per heavy atom. The average molecular weight is 229 g/mol. The molecule has 4 nitrogen and oxygen atoms in total. The number of aromatic nitrogens is 2. The maximum absolute atomic E-state index is 5.68. The van der Waals surface area contributed by atoms with Gasteiger partial charge in [0.1, 0.15) is 0 Å². The van der Waals surface area contributed by atoms with E-state index >= 15 is 0 Å². The van der Waals surface area contributed by atoms with Crippen molar-refractivity contribution in [2.24, 2.45) is 11.7 Å². The molecule has 0 aromatic carbocycles. The van der Waals surface area contributed by atoms with Gasteiger partial charge in [0.25, 0.3) is 0 Å². The molecule has 1 saturated heterocycles. The summed E-state index contributed by atoms with van der Waals surface area (Å²) in [5.41, 5.74) is 5.68. The lowest BCUT2D eigenvalue weighted by molar-refractivity contribution is 0.419. The lowest BCUT2D eigenvalue weighted by Gasteiger charge is -2.31. The minimum absolute atomic E-state index is 0.